The Kier molecular flexibility index (Phi) is 2.76. The van der Waals surface area contributed by atoms with E-state index in [1.54, 1.807) is 36.5 Å². The minimum absolute atomic E-state index is 0.318. The van der Waals surface area contributed by atoms with Gasteiger partial charge in [0, 0.05) is 17.3 Å². The molecule has 0 aliphatic carbocycles. The molecule has 2 aromatic heterocycles. The first-order chi connectivity index (χ1) is 7.72. The number of carbonyl (C=O) groups is 1. The average Bonchev–Trinajstić information content (AvgIpc) is 2.96. The molecule has 0 fully saturated rings. The van der Waals surface area contributed by atoms with Crippen LogP contribution in [0.25, 0.3) is 11.1 Å². The smallest absolute Gasteiger partial charge is 0.330 e. The summed E-state index contributed by atoms with van der Waals surface area (Å²) in [5.74, 6) is -0.318. The van der Waals surface area contributed by atoms with Gasteiger partial charge in [-0.15, -0.1) is 0 Å². The van der Waals surface area contributed by atoms with Crippen molar-refractivity contribution in [1.82, 2.24) is 9.78 Å². The van der Waals surface area contributed by atoms with Crippen LogP contribution in [-0.2, 0) is 9.53 Å². The average molecular weight is 220 g/mol. The Labute approximate surface area is 92.6 Å². The maximum absolute atomic E-state index is 11.3. The minimum atomic E-state index is -0.425. The molecule has 0 N–H and O–H groups in total. The van der Waals surface area contributed by atoms with Gasteiger partial charge < -0.3 is 9.15 Å². The maximum atomic E-state index is 11.3. The highest BCUT2D eigenvalue weighted by Gasteiger charge is 2.16. The lowest BCUT2D eigenvalue weighted by molar-refractivity contribution is -0.144. The molecule has 0 bridgehead atoms. The zero-order valence-corrected chi connectivity index (χ0v) is 9.08. The van der Waals surface area contributed by atoms with Gasteiger partial charge in [0.15, 0.2) is 0 Å². The summed E-state index contributed by atoms with van der Waals surface area (Å²) in [6.45, 7) is 1.73. The van der Waals surface area contributed by atoms with E-state index < -0.39 is 6.04 Å². The number of carbonyl (C=O) groups excluding carboxylic acids is 1. The van der Waals surface area contributed by atoms with Gasteiger partial charge in [0.2, 0.25) is 0 Å². The fourth-order valence-electron chi connectivity index (χ4n) is 1.41. The second-order valence-electron chi connectivity index (χ2n) is 3.42. The first-order valence-electron chi connectivity index (χ1n) is 4.87. The minimum Gasteiger partial charge on any atom is -0.472 e. The molecule has 1 atom stereocenters. The van der Waals surface area contributed by atoms with Crippen LogP contribution < -0.4 is 0 Å². The molecular formula is C11H12N2O3. The predicted octanol–water partition coefficient (Wildman–Crippen LogP) is 1.88. The number of rotatable bonds is 3. The highest BCUT2D eigenvalue weighted by Crippen LogP contribution is 2.20. The summed E-state index contributed by atoms with van der Waals surface area (Å²) in [5.41, 5.74) is 1.84. The summed E-state index contributed by atoms with van der Waals surface area (Å²) in [5, 5.41) is 4.12. The predicted molar refractivity (Wildman–Crippen MR) is 56.7 cm³/mol. The van der Waals surface area contributed by atoms with Crippen molar-refractivity contribution in [2.75, 3.05) is 7.11 Å². The number of ether oxygens (including phenoxy) is 1. The number of furan rings is 1. The van der Waals surface area contributed by atoms with Gasteiger partial charge in [-0.25, -0.2) is 4.79 Å². The first kappa shape index (κ1) is 10.5. The van der Waals surface area contributed by atoms with Gasteiger partial charge in [0.05, 0.1) is 25.8 Å². The third-order valence-electron chi connectivity index (χ3n) is 2.40. The van der Waals surface area contributed by atoms with Gasteiger partial charge in [-0.1, -0.05) is 0 Å². The van der Waals surface area contributed by atoms with E-state index in [2.05, 4.69) is 9.84 Å². The largest absolute Gasteiger partial charge is 0.472 e. The normalized spacial score (nSPS) is 12.4. The van der Waals surface area contributed by atoms with Gasteiger partial charge in [-0.2, -0.15) is 5.10 Å². The number of aromatic nitrogens is 2. The second-order valence-corrected chi connectivity index (χ2v) is 3.42. The summed E-state index contributed by atoms with van der Waals surface area (Å²) in [6.07, 6.45) is 6.69. The van der Waals surface area contributed by atoms with E-state index in [4.69, 9.17) is 4.42 Å². The molecule has 5 heteroatoms. The number of esters is 1. The van der Waals surface area contributed by atoms with Crippen molar-refractivity contribution in [3.05, 3.63) is 31.0 Å². The number of hydrogen-bond acceptors (Lipinski definition) is 4. The monoisotopic (exact) mass is 220 g/mol. The lowest BCUT2D eigenvalue weighted by Crippen LogP contribution is -2.17. The molecule has 0 radical (unpaired) electrons. The molecule has 2 heterocycles. The Morgan fingerprint density at radius 1 is 1.56 bits per heavy atom. The highest BCUT2D eigenvalue weighted by atomic mass is 16.5. The summed E-state index contributed by atoms with van der Waals surface area (Å²) in [4.78, 5) is 11.3. The van der Waals surface area contributed by atoms with Crippen molar-refractivity contribution in [3.63, 3.8) is 0 Å². The molecule has 2 rings (SSSR count). The summed E-state index contributed by atoms with van der Waals surface area (Å²) < 4.78 is 11.2. The van der Waals surface area contributed by atoms with Crippen LogP contribution in [-0.4, -0.2) is 22.9 Å². The molecule has 84 valence electrons. The molecule has 0 spiro atoms. The van der Waals surface area contributed by atoms with E-state index in [0.29, 0.717) is 0 Å². The molecule has 0 amide bonds. The molecule has 0 saturated heterocycles. The van der Waals surface area contributed by atoms with Gasteiger partial charge in [0.25, 0.3) is 0 Å². The van der Waals surface area contributed by atoms with Crippen LogP contribution in [0.4, 0.5) is 0 Å². The van der Waals surface area contributed by atoms with E-state index in [0.717, 1.165) is 11.1 Å². The van der Waals surface area contributed by atoms with Crippen LogP contribution in [0.5, 0.6) is 0 Å². The molecular weight excluding hydrogens is 208 g/mol. The number of methoxy groups -OCH3 is 1. The SMILES string of the molecule is COC(=O)[C@H](C)n1cc(-c2ccoc2)cn1. The Morgan fingerprint density at radius 3 is 3.00 bits per heavy atom. The topological polar surface area (TPSA) is 57.3 Å². The second kappa shape index (κ2) is 4.22. The lowest BCUT2D eigenvalue weighted by Gasteiger charge is -2.08. The Hall–Kier alpha value is -2.04. The highest BCUT2D eigenvalue weighted by molar-refractivity contribution is 5.73. The van der Waals surface area contributed by atoms with Crippen molar-refractivity contribution in [1.29, 1.82) is 0 Å². The fourth-order valence-corrected chi connectivity index (χ4v) is 1.41. The number of hydrogen-bond donors (Lipinski definition) is 0. The van der Waals surface area contributed by atoms with Crippen molar-refractivity contribution in [2.45, 2.75) is 13.0 Å². The molecule has 2 aromatic rings. The van der Waals surface area contributed by atoms with E-state index >= 15 is 0 Å². The van der Waals surface area contributed by atoms with E-state index in [-0.39, 0.29) is 5.97 Å². The van der Waals surface area contributed by atoms with Crippen LogP contribution in [0.3, 0.4) is 0 Å². The molecule has 0 aliphatic rings. The summed E-state index contributed by atoms with van der Waals surface area (Å²) in [7, 11) is 1.36. The standard InChI is InChI=1S/C11H12N2O3/c1-8(11(14)15-2)13-6-10(5-12-13)9-3-4-16-7-9/h3-8H,1-2H3/t8-/m0/s1. The summed E-state index contributed by atoms with van der Waals surface area (Å²) in [6, 6.07) is 1.41. The van der Waals surface area contributed by atoms with Crippen molar-refractivity contribution >= 4 is 5.97 Å². The summed E-state index contributed by atoms with van der Waals surface area (Å²) >= 11 is 0. The van der Waals surface area contributed by atoms with E-state index in [1.807, 2.05) is 6.07 Å². The van der Waals surface area contributed by atoms with Crippen molar-refractivity contribution in [2.24, 2.45) is 0 Å². The zero-order valence-electron chi connectivity index (χ0n) is 9.08. The van der Waals surface area contributed by atoms with Gasteiger partial charge in [0.1, 0.15) is 6.04 Å². The lowest BCUT2D eigenvalue weighted by atomic mass is 10.2. The number of nitrogens with zero attached hydrogens (tertiary/aromatic N) is 2. The molecule has 0 saturated carbocycles. The van der Waals surface area contributed by atoms with Crippen LogP contribution in [0, 0.1) is 0 Å². The molecule has 0 unspecified atom stereocenters. The van der Waals surface area contributed by atoms with E-state index in [9.17, 15) is 4.79 Å². The van der Waals surface area contributed by atoms with Crippen LogP contribution in [0.2, 0.25) is 0 Å². The third kappa shape index (κ3) is 1.84. The quantitative estimate of drug-likeness (QED) is 0.741. The van der Waals surface area contributed by atoms with E-state index in [1.165, 1.54) is 7.11 Å². The molecule has 5 nitrogen and oxygen atoms in total. The maximum Gasteiger partial charge on any atom is 0.330 e. The van der Waals surface area contributed by atoms with Gasteiger partial charge in [-0.05, 0) is 13.0 Å². The van der Waals surface area contributed by atoms with Crippen molar-refractivity contribution < 1.29 is 13.9 Å². The Bertz CT molecular complexity index is 473. The van der Waals surface area contributed by atoms with Crippen LogP contribution in [0.1, 0.15) is 13.0 Å². The Balaban J connectivity index is 2.23. The van der Waals surface area contributed by atoms with Crippen molar-refractivity contribution in [3.8, 4) is 11.1 Å². The molecule has 16 heavy (non-hydrogen) atoms. The van der Waals surface area contributed by atoms with Gasteiger partial charge in [-0.3, -0.25) is 4.68 Å². The fraction of sp³-hybridized carbons (Fsp3) is 0.273. The zero-order chi connectivity index (χ0) is 11.5. The first-order valence-corrected chi connectivity index (χ1v) is 4.87. The Morgan fingerprint density at radius 2 is 2.38 bits per heavy atom. The molecule has 0 aliphatic heterocycles. The third-order valence-corrected chi connectivity index (χ3v) is 2.40. The van der Waals surface area contributed by atoms with Crippen LogP contribution in [0.15, 0.2) is 35.4 Å². The van der Waals surface area contributed by atoms with Crippen LogP contribution >= 0.6 is 0 Å². The molecule has 0 aromatic carbocycles. The van der Waals surface area contributed by atoms with Gasteiger partial charge >= 0.3 is 5.97 Å².